The molecule has 7 nitrogen and oxygen atoms in total. The first kappa shape index (κ1) is 41.2. The molecule has 5 heterocycles. The summed E-state index contributed by atoms with van der Waals surface area (Å²) >= 11 is 0. The lowest BCUT2D eigenvalue weighted by Gasteiger charge is -2.34. The monoisotopic (exact) mass is 937 g/mol. The zero-order chi connectivity index (χ0) is 48.0. The Bertz CT molecular complexity index is 4230. The Labute approximate surface area is 421 Å². The highest BCUT2D eigenvalue weighted by atomic mass is 16.5. The smallest absolute Gasteiger partial charge is 0.238 e. The third-order valence-corrected chi connectivity index (χ3v) is 14.7. The van der Waals surface area contributed by atoms with Crippen molar-refractivity contribution in [3.05, 3.63) is 263 Å². The van der Waals surface area contributed by atoms with E-state index < -0.39 is 0 Å². The fourth-order valence-electron chi connectivity index (χ4n) is 11.4. The Kier molecular flexibility index (Phi) is 9.32. The number of ether oxygens (including phenoxy) is 1. The molecule has 0 atom stereocenters. The molecule has 7 heteroatoms. The summed E-state index contributed by atoms with van der Waals surface area (Å²) in [6, 6.07) is 66.1. The van der Waals surface area contributed by atoms with Gasteiger partial charge < -0.3 is 14.1 Å². The van der Waals surface area contributed by atoms with Crippen molar-refractivity contribution in [1.82, 2.24) is 19.5 Å². The van der Waals surface area contributed by atoms with E-state index in [1.54, 1.807) is 0 Å². The Morgan fingerprint density at radius 2 is 1.19 bits per heavy atom. The number of furan rings is 1. The molecule has 0 unspecified atom stereocenters. The van der Waals surface area contributed by atoms with Gasteiger partial charge in [-0.15, -0.1) is 0 Å². The Balaban J connectivity index is 0.964. The van der Waals surface area contributed by atoms with E-state index >= 15 is 0 Å². The zero-order valence-electron chi connectivity index (χ0n) is 39.5. The van der Waals surface area contributed by atoms with E-state index in [0.717, 1.165) is 113 Å². The van der Waals surface area contributed by atoms with Gasteiger partial charge in [0, 0.05) is 86.0 Å². The van der Waals surface area contributed by atoms with E-state index in [1.165, 1.54) is 28.1 Å². The van der Waals surface area contributed by atoms with Crippen LogP contribution in [-0.2, 0) is 12.8 Å². The van der Waals surface area contributed by atoms with Gasteiger partial charge in [-0.3, -0.25) is 4.57 Å². The lowest BCUT2D eigenvalue weighted by molar-refractivity contribution is 0.407. The van der Waals surface area contributed by atoms with Crippen molar-refractivity contribution in [1.29, 1.82) is 0 Å². The summed E-state index contributed by atoms with van der Waals surface area (Å²) in [4.78, 5) is 18.6. The van der Waals surface area contributed by atoms with Crippen LogP contribution in [0.5, 0.6) is 5.75 Å². The van der Waals surface area contributed by atoms with Gasteiger partial charge in [-0.2, -0.15) is 9.97 Å². The minimum absolute atomic E-state index is 0.536. The topological polar surface area (TPSA) is 69.2 Å². The summed E-state index contributed by atoms with van der Waals surface area (Å²) < 4.78 is 15.2. The molecule has 2 aliphatic heterocycles. The largest absolute Gasteiger partial charge is 0.461 e. The molecule has 0 radical (unpaired) electrons. The van der Waals surface area contributed by atoms with Crippen molar-refractivity contribution < 1.29 is 9.15 Å². The molecule has 0 fully saturated rings. The average Bonchev–Trinajstić information content (AvgIpc) is 3.82. The fourth-order valence-corrected chi connectivity index (χ4v) is 11.4. The normalized spacial score (nSPS) is 14.5. The van der Waals surface area contributed by atoms with Crippen LogP contribution >= 0.6 is 0 Å². The highest BCUT2D eigenvalue weighted by Crippen LogP contribution is 2.46. The van der Waals surface area contributed by atoms with Crippen molar-refractivity contribution in [2.45, 2.75) is 19.3 Å². The lowest BCUT2D eigenvalue weighted by Crippen LogP contribution is -2.21. The predicted molar refractivity (Wildman–Crippen MR) is 295 cm³/mol. The van der Waals surface area contributed by atoms with Crippen molar-refractivity contribution in [2.75, 3.05) is 4.90 Å². The van der Waals surface area contributed by atoms with E-state index in [0.29, 0.717) is 24.0 Å². The Morgan fingerprint density at radius 1 is 0.493 bits per heavy atom. The molecule has 4 aliphatic rings. The first-order valence-electron chi connectivity index (χ1n) is 24.9. The Hall–Kier alpha value is -9.59. The number of nitrogens with zero attached hydrogens (tertiary/aromatic N) is 5. The number of allylic oxidation sites excluding steroid dienone is 7. The minimum Gasteiger partial charge on any atom is -0.461 e. The summed E-state index contributed by atoms with van der Waals surface area (Å²) in [5.41, 5.74) is 19.4. The van der Waals surface area contributed by atoms with Gasteiger partial charge in [-0.05, 0) is 94.1 Å². The molecule has 0 amide bonds. The zero-order valence-corrected chi connectivity index (χ0v) is 39.5. The first-order chi connectivity index (χ1) is 36.1. The molecule has 0 spiro atoms. The van der Waals surface area contributed by atoms with Gasteiger partial charge in [0.15, 0.2) is 11.6 Å². The summed E-state index contributed by atoms with van der Waals surface area (Å²) in [5, 5.41) is 3.23. The number of rotatable bonds is 6. The molecule has 2 aliphatic carbocycles. The average molecular weight is 938 g/mol. The molecule has 2 bridgehead atoms. The summed E-state index contributed by atoms with van der Waals surface area (Å²) in [6.45, 7) is 0. The number of anilines is 2. The number of hydrogen-bond donors (Lipinski definition) is 0. The van der Waals surface area contributed by atoms with E-state index in [9.17, 15) is 0 Å². The van der Waals surface area contributed by atoms with Gasteiger partial charge in [0.05, 0.1) is 5.52 Å². The lowest BCUT2D eigenvalue weighted by atomic mass is 9.94. The van der Waals surface area contributed by atoms with E-state index in [2.05, 4.69) is 192 Å². The van der Waals surface area contributed by atoms with Crippen LogP contribution in [0.1, 0.15) is 39.9 Å². The Morgan fingerprint density at radius 3 is 2.07 bits per heavy atom. The van der Waals surface area contributed by atoms with E-state index in [4.69, 9.17) is 24.1 Å². The molecule has 3 aromatic heterocycles. The molecule has 15 rings (SSSR count). The van der Waals surface area contributed by atoms with Gasteiger partial charge in [0.25, 0.3) is 0 Å². The number of para-hydroxylation sites is 5. The van der Waals surface area contributed by atoms with Crippen LogP contribution in [-0.4, -0.2) is 19.5 Å². The van der Waals surface area contributed by atoms with Crippen LogP contribution in [0.25, 0.3) is 89.9 Å². The van der Waals surface area contributed by atoms with Crippen molar-refractivity contribution in [3.63, 3.8) is 0 Å². The second kappa shape index (κ2) is 16.5. The second-order valence-electron chi connectivity index (χ2n) is 19.1. The molecule has 73 heavy (non-hydrogen) atoms. The van der Waals surface area contributed by atoms with Crippen LogP contribution in [0.15, 0.2) is 234 Å². The third-order valence-electron chi connectivity index (χ3n) is 14.7. The van der Waals surface area contributed by atoms with Gasteiger partial charge >= 0.3 is 0 Å². The van der Waals surface area contributed by atoms with Crippen LogP contribution in [0.4, 0.5) is 11.4 Å². The minimum atomic E-state index is 0.536. The van der Waals surface area contributed by atoms with Crippen molar-refractivity contribution >= 4 is 61.4 Å². The summed E-state index contributed by atoms with van der Waals surface area (Å²) in [5.74, 6) is 3.51. The fraction of sp³-hybridized carbons (Fsp3) is 0.0455. The highest BCUT2D eigenvalue weighted by Gasteiger charge is 2.29. The number of fused-ring (bicyclic) bond motifs is 12. The maximum Gasteiger partial charge on any atom is 0.238 e. The second-order valence-corrected chi connectivity index (χ2v) is 19.1. The number of benzene rings is 8. The molecular weight excluding hydrogens is 895 g/mol. The van der Waals surface area contributed by atoms with E-state index in [-0.39, 0.29) is 0 Å². The van der Waals surface area contributed by atoms with Crippen LogP contribution in [0.2, 0.25) is 0 Å². The third kappa shape index (κ3) is 6.85. The van der Waals surface area contributed by atoms with Gasteiger partial charge in [0.2, 0.25) is 5.95 Å². The highest BCUT2D eigenvalue weighted by molar-refractivity contribution is 6.06. The summed E-state index contributed by atoms with van der Waals surface area (Å²) in [6.07, 6.45) is 15.9. The maximum atomic E-state index is 6.48. The maximum absolute atomic E-state index is 6.48. The van der Waals surface area contributed by atoms with Crippen LogP contribution < -0.4 is 9.64 Å². The van der Waals surface area contributed by atoms with Gasteiger partial charge in [-0.1, -0.05) is 164 Å². The summed E-state index contributed by atoms with van der Waals surface area (Å²) in [7, 11) is 0. The quantitative estimate of drug-likeness (QED) is 0.165. The van der Waals surface area contributed by atoms with Gasteiger partial charge in [0.1, 0.15) is 22.7 Å². The SMILES string of the molecule is C1=CC(N2c3ccccc3Cc3ccccc32)=Cc2c(n(-c3nc(-c4ccccc4)nc(-c4ccc5c(c4)oc4ccccc45)n3)c3c(-c4cccc(C5=CC=C6CC(=C5)Oc5ccccc56)c4)cccc23)C1. The predicted octanol–water partition coefficient (Wildman–Crippen LogP) is 16.1. The molecule has 8 aromatic carbocycles. The van der Waals surface area contributed by atoms with Gasteiger partial charge in [-0.25, -0.2) is 4.98 Å². The van der Waals surface area contributed by atoms with Crippen LogP contribution in [0, 0.1) is 0 Å². The molecule has 0 N–H and O–H groups in total. The number of hydrogen-bond acceptors (Lipinski definition) is 6. The van der Waals surface area contributed by atoms with Crippen molar-refractivity contribution in [3.8, 4) is 45.6 Å². The molecule has 344 valence electrons. The standard InChI is InChI=1S/C66H43N5O2/c1-2-15-41(16-3-1)64-67-65(48-33-34-54-53-23-7-11-30-61(53)73-62(54)39-48)69-66(68-64)71-59-28-13-21-49(70-57-26-8-4-17-46(57)36-47-18-5-9-27-58(47)70)40-56(59)55-25-14-24-52(63(55)71)44-20-12-19-42(35-44)43-31-32-45-38-50(37-43)72-60-29-10-6-22-51(45)60/h1-27,29-35,37,39-40H,28,36,38H2. The van der Waals surface area contributed by atoms with E-state index in [1.807, 2.05) is 42.5 Å². The molecule has 11 aromatic rings. The first-order valence-corrected chi connectivity index (χ1v) is 24.9. The molecule has 0 saturated heterocycles. The van der Waals surface area contributed by atoms with Crippen LogP contribution in [0.3, 0.4) is 0 Å². The molecular formula is C66H43N5O2. The number of aromatic nitrogens is 4. The van der Waals surface area contributed by atoms with Crippen molar-refractivity contribution in [2.24, 2.45) is 0 Å². The molecule has 0 saturated carbocycles.